The summed E-state index contributed by atoms with van der Waals surface area (Å²) in [6, 6.07) is 10.9. The Hall–Kier alpha value is -2.09. The van der Waals surface area contributed by atoms with Crippen LogP contribution in [-0.4, -0.2) is 25.4 Å². The smallest absolute Gasteiger partial charge is 0.264 e. The lowest BCUT2D eigenvalue weighted by molar-refractivity contribution is 0.0956. The van der Waals surface area contributed by atoms with E-state index < -0.39 is 16.2 Å². The molecule has 0 fully saturated rings. The van der Waals surface area contributed by atoms with Crippen molar-refractivity contribution in [1.29, 1.82) is 0 Å². The monoisotopic (exact) mass is 320 g/mol. The van der Waals surface area contributed by atoms with Crippen LogP contribution in [0.4, 0.5) is 0 Å². The maximum Gasteiger partial charge on any atom is 0.264 e. The number of nitrogens with two attached hydrogens (primary N) is 1. The number of rotatable bonds is 6. The number of pyridine rings is 1. The average molecular weight is 320 g/mol. The fraction of sp³-hybridized carbons (Fsp3) is 0.200. The zero-order valence-corrected chi connectivity index (χ0v) is 12.8. The summed E-state index contributed by atoms with van der Waals surface area (Å²) in [7, 11) is -3.49. The SMILES string of the molecule is CS(=O)(=O)OCc1ccc(C(N)C(=O)c2ccccn2)cc1. The lowest BCUT2D eigenvalue weighted by Gasteiger charge is -2.11. The molecule has 1 unspecified atom stereocenters. The van der Waals surface area contributed by atoms with Gasteiger partial charge in [-0.3, -0.25) is 14.0 Å². The van der Waals surface area contributed by atoms with E-state index in [-0.39, 0.29) is 12.4 Å². The van der Waals surface area contributed by atoms with Crippen molar-refractivity contribution in [2.75, 3.05) is 6.26 Å². The first-order valence-electron chi connectivity index (χ1n) is 6.51. The van der Waals surface area contributed by atoms with Gasteiger partial charge in [-0.15, -0.1) is 0 Å². The number of ketones is 1. The van der Waals surface area contributed by atoms with Crippen LogP contribution in [0.15, 0.2) is 48.7 Å². The van der Waals surface area contributed by atoms with E-state index in [0.717, 1.165) is 6.26 Å². The molecule has 0 bridgehead atoms. The third-order valence-electron chi connectivity index (χ3n) is 2.98. The number of carbonyl (C=O) groups excluding carboxylic acids is 1. The molecule has 0 radical (unpaired) electrons. The first-order valence-corrected chi connectivity index (χ1v) is 8.32. The molecule has 22 heavy (non-hydrogen) atoms. The van der Waals surface area contributed by atoms with Gasteiger partial charge in [0.2, 0.25) is 5.78 Å². The Bertz CT molecular complexity index is 743. The van der Waals surface area contributed by atoms with Crippen LogP contribution in [0.1, 0.15) is 27.7 Å². The minimum Gasteiger partial charge on any atom is -0.317 e. The zero-order valence-electron chi connectivity index (χ0n) is 12.0. The summed E-state index contributed by atoms with van der Waals surface area (Å²) in [4.78, 5) is 16.2. The Kier molecular flexibility index (Phi) is 5.02. The maximum atomic E-state index is 12.2. The van der Waals surface area contributed by atoms with Gasteiger partial charge in [0.05, 0.1) is 18.9 Å². The van der Waals surface area contributed by atoms with Crippen LogP contribution < -0.4 is 5.73 Å². The Labute approximate surface area is 129 Å². The van der Waals surface area contributed by atoms with Crippen LogP contribution in [0.25, 0.3) is 0 Å². The molecule has 2 N–H and O–H groups in total. The summed E-state index contributed by atoms with van der Waals surface area (Å²) < 4.78 is 26.6. The molecule has 1 heterocycles. The van der Waals surface area contributed by atoms with Gasteiger partial charge >= 0.3 is 0 Å². The number of carbonyl (C=O) groups is 1. The standard InChI is InChI=1S/C15H16N2O4S/c1-22(19,20)21-10-11-5-7-12(8-6-11)14(16)15(18)13-4-2-3-9-17-13/h2-9,14H,10,16H2,1H3. The summed E-state index contributed by atoms with van der Waals surface area (Å²) in [5.74, 6) is -0.277. The molecule has 7 heteroatoms. The van der Waals surface area contributed by atoms with Crippen LogP contribution in [0.3, 0.4) is 0 Å². The average Bonchev–Trinajstić information content (AvgIpc) is 2.52. The van der Waals surface area contributed by atoms with E-state index in [4.69, 9.17) is 9.92 Å². The highest BCUT2D eigenvalue weighted by Gasteiger charge is 2.18. The topological polar surface area (TPSA) is 99.4 Å². The van der Waals surface area contributed by atoms with Gasteiger partial charge in [0.25, 0.3) is 10.1 Å². The fourth-order valence-corrected chi connectivity index (χ4v) is 2.17. The molecular formula is C15H16N2O4S. The summed E-state index contributed by atoms with van der Waals surface area (Å²) in [5.41, 5.74) is 7.55. The number of hydrogen-bond donors (Lipinski definition) is 1. The van der Waals surface area contributed by atoms with E-state index in [1.165, 1.54) is 6.20 Å². The van der Waals surface area contributed by atoms with Crippen LogP contribution >= 0.6 is 0 Å². The minimum atomic E-state index is -3.49. The lowest BCUT2D eigenvalue weighted by Crippen LogP contribution is -2.22. The molecule has 116 valence electrons. The van der Waals surface area contributed by atoms with Crippen LogP contribution in [0, 0.1) is 0 Å². The molecule has 6 nitrogen and oxygen atoms in total. The normalized spacial score (nSPS) is 12.8. The lowest BCUT2D eigenvalue weighted by atomic mass is 10.00. The van der Waals surface area contributed by atoms with Gasteiger partial charge in [-0.25, -0.2) is 0 Å². The van der Waals surface area contributed by atoms with Crippen molar-refractivity contribution in [3.05, 3.63) is 65.5 Å². The highest BCUT2D eigenvalue weighted by atomic mass is 32.2. The second-order valence-electron chi connectivity index (χ2n) is 4.76. The Morgan fingerprint density at radius 3 is 2.45 bits per heavy atom. The Morgan fingerprint density at radius 1 is 1.23 bits per heavy atom. The fourth-order valence-electron chi connectivity index (χ4n) is 1.82. The predicted octanol–water partition coefficient (Wildman–Crippen LogP) is 1.44. The molecule has 0 spiro atoms. The van der Waals surface area contributed by atoms with Gasteiger partial charge in [-0.2, -0.15) is 8.42 Å². The third kappa shape index (κ3) is 4.45. The van der Waals surface area contributed by atoms with Gasteiger partial charge in [0, 0.05) is 6.20 Å². The molecule has 2 rings (SSSR count). The molecule has 1 aromatic heterocycles. The van der Waals surface area contributed by atoms with E-state index in [0.29, 0.717) is 16.8 Å². The van der Waals surface area contributed by atoms with Gasteiger partial charge < -0.3 is 5.73 Å². The predicted molar refractivity (Wildman–Crippen MR) is 81.6 cm³/mol. The third-order valence-corrected chi connectivity index (χ3v) is 3.52. The van der Waals surface area contributed by atoms with Crippen molar-refractivity contribution < 1.29 is 17.4 Å². The molecule has 0 aliphatic rings. The second-order valence-corrected chi connectivity index (χ2v) is 6.41. The van der Waals surface area contributed by atoms with Crippen LogP contribution in [0.5, 0.6) is 0 Å². The van der Waals surface area contributed by atoms with Crippen molar-refractivity contribution in [1.82, 2.24) is 4.98 Å². The van der Waals surface area contributed by atoms with E-state index >= 15 is 0 Å². The van der Waals surface area contributed by atoms with E-state index in [1.807, 2.05) is 0 Å². The molecule has 1 aromatic carbocycles. The Balaban J connectivity index is 2.08. The molecule has 0 aliphatic heterocycles. The van der Waals surface area contributed by atoms with Gasteiger partial charge in [0.15, 0.2) is 0 Å². The van der Waals surface area contributed by atoms with Crippen molar-refractivity contribution in [3.63, 3.8) is 0 Å². The van der Waals surface area contributed by atoms with Crippen molar-refractivity contribution in [2.24, 2.45) is 5.73 Å². The van der Waals surface area contributed by atoms with Crippen LogP contribution in [0.2, 0.25) is 0 Å². The molecular weight excluding hydrogens is 304 g/mol. The van der Waals surface area contributed by atoms with E-state index in [2.05, 4.69) is 4.98 Å². The molecule has 0 saturated heterocycles. The largest absolute Gasteiger partial charge is 0.317 e. The van der Waals surface area contributed by atoms with E-state index in [9.17, 15) is 13.2 Å². The van der Waals surface area contributed by atoms with Crippen molar-refractivity contribution >= 4 is 15.9 Å². The number of benzene rings is 1. The highest BCUT2D eigenvalue weighted by molar-refractivity contribution is 7.85. The molecule has 2 aromatic rings. The molecule has 1 atom stereocenters. The number of aromatic nitrogens is 1. The first kappa shape index (κ1) is 16.3. The molecule has 0 aliphatic carbocycles. The summed E-state index contributed by atoms with van der Waals surface area (Å²) in [5, 5.41) is 0. The minimum absolute atomic E-state index is 0.0530. The number of nitrogens with zero attached hydrogens (tertiary/aromatic N) is 1. The summed E-state index contributed by atoms with van der Waals surface area (Å²) in [6.45, 7) is -0.0530. The van der Waals surface area contributed by atoms with Gasteiger partial charge in [0.1, 0.15) is 5.69 Å². The summed E-state index contributed by atoms with van der Waals surface area (Å²) in [6.07, 6.45) is 2.52. The van der Waals surface area contributed by atoms with Gasteiger partial charge in [-0.05, 0) is 23.3 Å². The quantitative estimate of drug-likeness (QED) is 0.638. The highest BCUT2D eigenvalue weighted by Crippen LogP contribution is 2.16. The Morgan fingerprint density at radius 2 is 1.91 bits per heavy atom. The zero-order chi connectivity index (χ0) is 16.2. The van der Waals surface area contributed by atoms with Crippen molar-refractivity contribution in [2.45, 2.75) is 12.6 Å². The summed E-state index contributed by atoms with van der Waals surface area (Å²) >= 11 is 0. The number of hydrogen-bond acceptors (Lipinski definition) is 6. The van der Waals surface area contributed by atoms with Gasteiger partial charge in [-0.1, -0.05) is 30.3 Å². The van der Waals surface area contributed by atoms with Crippen molar-refractivity contribution in [3.8, 4) is 0 Å². The maximum absolute atomic E-state index is 12.2. The van der Waals surface area contributed by atoms with E-state index in [1.54, 1.807) is 42.5 Å². The van der Waals surface area contributed by atoms with Crippen LogP contribution in [-0.2, 0) is 20.9 Å². The first-order chi connectivity index (χ1) is 10.4. The molecule has 0 saturated carbocycles. The number of Topliss-reactive ketones (excluding diaryl/α,β-unsaturated/α-hetero) is 1. The molecule has 0 amide bonds. The second kappa shape index (κ2) is 6.78.